The molecule has 0 aliphatic rings. The van der Waals surface area contributed by atoms with Gasteiger partial charge in [0.05, 0.1) is 22.1 Å². The summed E-state index contributed by atoms with van der Waals surface area (Å²) in [6.07, 6.45) is 4.37. The average molecular weight is 591 g/mol. The van der Waals surface area contributed by atoms with E-state index in [-0.39, 0.29) is 5.56 Å². The highest BCUT2D eigenvalue weighted by Gasteiger charge is 2.13. The molecular formula is C25H23Br2ClN4O. The van der Waals surface area contributed by atoms with Crippen LogP contribution in [0.2, 0.25) is 5.02 Å². The first-order chi connectivity index (χ1) is 15.8. The van der Waals surface area contributed by atoms with Crippen molar-refractivity contribution in [3.8, 4) is 5.69 Å². The summed E-state index contributed by atoms with van der Waals surface area (Å²) in [5.41, 5.74) is 4.47. The van der Waals surface area contributed by atoms with Crippen molar-refractivity contribution in [1.29, 1.82) is 0 Å². The molecule has 33 heavy (non-hydrogen) atoms. The SMILES string of the molecule is CCCCc1nc2ccc(Br)cc2c(=O)n1N=Cc1cc(C)n(-c2ccc(Br)c(Cl)c2)c1C. The Morgan fingerprint density at radius 1 is 1.12 bits per heavy atom. The van der Waals surface area contributed by atoms with Gasteiger partial charge in [-0.15, -0.1) is 0 Å². The molecule has 2 aromatic carbocycles. The molecule has 4 rings (SSSR count). The Labute approximate surface area is 214 Å². The summed E-state index contributed by atoms with van der Waals surface area (Å²) in [7, 11) is 0. The number of halogens is 3. The third-order valence-corrected chi connectivity index (χ3v) is 7.30. The molecule has 0 bridgehead atoms. The van der Waals surface area contributed by atoms with Crippen molar-refractivity contribution >= 4 is 60.6 Å². The fraction of sp³-hybridized carbons (Fsp3) is 0.240. The normalized spacial score (nSPS) is 11.7. The van der Waals surface area contributed by atoms with Gasteiger partial charge in [0, 0.05) is 38.0 Å². The van der Waals surface area contributed by atoms with Gasteiger partial charge in [-0.05, 0) is 78.7 Å². The minimum Gasteiger partial charge on any atom is -0.318 e. The van der Waals surface area contributed by atoms with Gasteiger partial charge in [0.2, 0.25) is 0 Å². The Hall–Kier alpha value is -2.22. The standard InChI is InChI=1S/C25H23Br2ClN4O/c1-4-5-6-24-30-23-10-7-18(26)12-20(23)25(33)32(24)29-14-17-11-15(2)31(16(17)3)19-8-9-21(27)22(28)13-19/h7-14H,4-6H2,1-3H3. The van der Waals surface area contributed by atoms with Gasteiger partial charge in [0.25, 0.3) is 5.56 Å². The lowest BCUT2D eigenvalue weighted by Crippen LogP contribution is -2.22. The van der Waals surface area contributed by atoms with E-state index in [1.54, 1.807) is 12.3 Å². The lowest BCUT2D eigenvalue weighted by atomic mass is 10.2. The third kappa shape index (κ3) is 4.86. The molecule has 0 unspecified atom stereocenters. The number of unbranched alkanes of at least 4 members (excludes halogenated alkanes) is 1. The molecule has 0 saturated heterocycles. The number of aryl methyl sites for hydroxylation is 2. The number of rotatable bonds is 6. The molecule has 0 aliphatic heterocycles. The van der Waals surface area contributed by atoms with Crippen LogP contribution in [0.25, 0.3) is 16.6 Å². The van der Waals surface area contributed by atoms with Crippen molar-refractivity contribution in [1.82, 2.24) is 14.2 Å². The zero-order valence-corrected chi connectivity index (χ0v) is 22.5. The van der Waals surface area contributed by atoms with Crippen LogP contribution in [0.1, 0.15) is 42.5 Å². The Bertz CT molecular complexity index is 1440. The molecule has 0 spiro atoms. The molecule has 0 amide bonds. The van der Waals surface area contributed by atoms with Gasteiger partial charge in [-0.3, -0.25) is 4.79 Å². The largest absolute Gasteiger partial charge is 0.318 e. The fourth-order valence-electron chi connectivity index (χ4n) is 3.87. The molecule has 0 fully saturated rings. The summed E-state index contributed by atoms with van der Waals surface area (Å²) >= 11 is 13.2. The van der Waals surface area contributed by atoms with E-state index in [4.69, 9.17) is 16.6 Å². The maximum atomic E-state index is 13.3. The lowest BCUT2D eigenvalue weighted by molar-refractivity contribution is 0.675. The molecule has 8 heteroatoms. The highest BCUT2D eigenvalue weighted by atomic mass is 79.9. The summed E-state index contributed by atoms with van der Waals surface area (Å²) in [5, 5.41) is 5.79. The van der Waals surface area contributed by atoms with Crippen LogP contribution in [0.4, 0.5) is 0 Å². The Balaban J connectivity index is 1.80. The molecule has 4 aromatic rings. The van der Waals surface area contributed by atoms with Gasteiger partial charge in [0.1, 0.15) is 5.82 Å². The van der Waals surface area contributed by atoms with Crippen LogP contribution in [0.5, 0.6) is 0 Å². The van der Waals surface area contributed by atoms with Crippen molar-refractivity contribution < 1.29 is 0 Å². The summed E-state index contributed by atoms with van der Waals surface area (Å²) in [6.45, 7) is 6.18. The maximum Gasteiger partial charge on any atom is 0.282 e. The van der Waals surface area contributed by atoms with E-state index in [1.165, 1.54) is 4.68 Å². The predicted molar refractivity (Wildman–Crippen MR) is 143 cm³/mol. The van der Waals surface area contributed by atoms with Crippen LogP contribution < -0.4 is 5.56 Å². The van der Waals surface area contributed by atoms with E-state index in [0.29, 0.717) is 28.2 Å². The molecule has 170 valence electrons. The monoisotopic (exact) mass is 588 g/mol. The molecular weight excluding hydrogens is 568 g/mol. The van der Waals surface area contributed by atoms with Crippen LogP contribution >= 0.6 is 43.5 Å². The topological polar surface area (TPSA) is 52.2 Å². The van der Waals surface area contributed by atoms with E-state index in [0.717, 1.165) is 44.4 Å². The molecule has 0 atom stereocenters. The van der Waals surface area contributed by atoms with E-state index in [1.807, 2.05) is 44.2 Å². The molecule has 2 aromatic heterocycles. The van der Waals surface area contributed by atoms with Gasteiger partial charge >= 0.3 is 0 Å². The van der Waals surface area contributed by atoms with Crippen LogP contribution in [0.3, 0.4) is 0 Å². The fourth-order valence-corrected chi connectivity index (χ4v) is 4.65. The number of hydrogen-bond donors (Lipinski definition) is 0. The first-order valence-corrected chi connectivity index (χ1v) is 12.7. The number of nitrogens with zero attached hydrogens (tertiary/aromatic N) is 4. The van der Waals surface area contributed by atoms with Gasteiger partial charge in [-0.2, -0.15) is 9.78 Å². The second kappa shape index (κ2) is 9.95. The maximum absolute atomic E-state index is 13.3. The first-order valence-electron chi connectivity index (χ1n) is 10.7. The van der Waals surface area contributed by atoms with Crippen LogP contribution in [-0.4, -0.2) is 20.4 Å². The van der Waals surface area contributed by atoms with Crippen molar-refractivity contribution in [2.45, 2.75) is 40.0 Å². The molecule has 0 radical (unpaired) electrons. The summed E-state index contributed by atoms with van der Waals surface area (Å²) < 4.78 is 5.25. The lowest BCUT2D eigenvalue weighted by Gasteiger charge is -2.11. The van der Waals surface area contributed by atoms with Crippen LogP contribution in [-0.2, 0) is 6.42 Å². The summed E-state index contributed by atoms with van der Waals surface area (Å²) in [6, 6.07) is 13.5. The number of aromatic nitrogens is 3. The number of fused-ring (bicyclic) bond motifs is 1. The number of hydrogen-bond acceptors (Lipinski definition) is 3. The third-order valence-electron chi connectivity index (χ3n) is 5.57. The molecule has 0 saturated carbocycles. The van der Waals surface area contributed by atoms with Crippen molar-refractivity contribution in [3.05, 3.63) is 89.6 Å². The number of benzene rings is 2. The van der Waals surface area contributed by atoms with E-state index in [2.05, 4.69) is 54.5 Å². The second-order valence-electron chi connectivity index (χ2n) is 7.91. The van der Waals surface area contributed by atoms with Gasteiger partial charge in [-0.25, -0.2) is 4.98 Å². The Morgan fingerprint density at radius 3 is 2.64 bits per heavy atom. The van der Waals surface area contributed by atoms with E-state index >= 15 is 0 Å². The first kappa shape index (κ1) is 23.9. The van der Waals surface area contributed by atoms with E-state index < -0.39 is 0 Å². The Morgan fingerprint density at radius 2 is 1.91 bits per heavy atom. The highest BCUT2D eigenvalue weighted by molar-refractivity contribution is 9.10. The highest BCUT2D eigenvalue weighted by Crippen LogP contribution is 2.27. The Kier molecular flexibility index (Phi) is 7.22. The predicted octanol–water partition coefficient (Wildman–Crippen LogP) is 7.21. The van der Waals surface area contributed by atoms with Crippen molar-refractivity contribution in [3.63, 3.8) is 0 Å². The second-order valence-corrected chi connectivity index (χ2v) is 10.1. The summed E-state index contributed by atoms with van der Waals surface area (Å²) in [4.78, 5) is 18.0. The zero-order chi connectivity index (χ0) is 23.7. The summed E-state index contributed by atoms with van der Waals surface area (Å²) in [5.74, 6) is 0.668. The quantitative estimate of drug-likeness (QED) is 0.223. The van der Waals surface area contributed by atoms with Gasteiger partial charge in [-0.1, -0.05) is 40.9 Å². The molecule has 0 aliphatic carbocycles. The molecule has 0 N–H and O–H groups in total. The molecule has 2 heterocycles. The van der Waals surface area contributed by atoms with Crippen molar-refractivity contribution in [2.75, 3.05) is 0 Å². The van der Waals surface area contributed by atoms with E-state index in [9.17, 15) is 4.79 Å². The minimum absolute atomic E-state index is 0.169. The smallest absolute Gasteiger partial charge is 0.282 e. The molecule has 5 nitrogen and oxygen atoms in total. The van der Waals surface area contributed by atoms with Crippen LogP contribution in [0.15, 0.2) is 61.3 Å². The zero-order valence-electron chi connectivity index (χ0n) is 18.6. The minimum atomic E-state index is -0.169. The van der Waals surface area contributed by atoms with Crippen LogP contribution in [0, 0.1) is 13.8 Å². The van der Waals surface area contributed by atoms with Gasteiger partial charge in [0.15, 0.2) is 0 Å². The van der Waals surface area contributed by atoms with Crippen molar-refractivity contribution in [2.24, 2.45) is 5.10 Å². The average Bonchev–Trinajstić information content (AvgIpc) is 3.07. The van der Waals surface area contributed by atoms with Gasteiger partial charge < -0.3 is 4.57 Å².